The Morgan fingerprint density at radius 2 is 1.77 bits per heavy atom. The Bertz CT molecular complexity index is 803. The Hall–Kier alpha value is -2.35. The summed E-state index contributed by atoms with van der Waals surface area (Å²) in [4.78, 5) is 19.5. The first-order valence-corrected chi connectivity index (χ1v) is 8.16. The lowest BCUT2D eigenvalue weighted by atomic mass is 10.1. The van der Waals surface area contributed by atoms with Crippen LogP contribution < -0.4 is 4.90 Å². The van der Waals surface area contributed by atoms with Crippen molar-refractivity contribution in [3.05, 3.63) is 58.5 Å². The number of anilines is 1. The Morgan fingerprint density at radius 3 is 2.31 bits per heavy atom. The lowest BCUT2D eigenvalue weighted by Gasteiger charge is -2.35. The van der Waals surface area contributed by atoms with Crippen molar-refractivity contribution in [2.24, 2.45) is 0 Å². The second-order valence-electron chi connectivity index (χ2n) is 5.81. The number of amides is 1. The van der Waals surface area contributed by atoms with Crippen molar-refractivity contribution in [2.75, 3.05) is 31.1 Å². The average Bonchev–Trinajstić information content (AvgIpc) is 2.61. The lowest BCUT2D eigenvalue weighted by Crippen LogP contribution is -2.49. The molecule has 0 atom stereocenters. The number of halogens is 5. The topological polar surface area (TPSA) is 36.4 Å². The van der Waals surface area contributed by atoms with Gasteiger partial charge in [0.05, 0.1) is 11.1 Å². The predicted octanol–water partition coefficient (Wildman–Crippen LogP) is 3.86. The van der Waals surface area contributed by atoms with Crippen LogP contribution in [0.1, 0.15) is 15.9 Å². The highest BCUT2D eigenvalue weighted by molar-refractivity contribution is 6.30. The van der Waals surface area contributed by atoms with Gasteiger partial charge >= 0.3 is 6.18 Å². The minimum Gasteiger partial charge on any atom is -0.353 e. The monoisotopic (exact) mass is 387 g/mol. The summed E-state index contributed by atoms with van der Waals surface area (Å²) in [7, 11) is 0. The summed E-state index contributed by atoms with van der Waals surface area (Å²) in [5.41, 5.74) is -0.871. The Labute approximate surface area is 152 Å². The third-order valence-corrected chi connectivity index (χ3v) is 4.36. The van der Waals surface area contributed by atoms with Gasteiger partial charge in [-0.25, -0.2) is 9.37 Å². The van der Waals surface area contributed by atoms with E-state index in [0.717, 1.165) is 18.3 Å². The number of rotatable bonds is 2. The normalized spacial score (nSPS) is 15.3. The third kappa shape index (κ3) is 3.90. The molecule has 0 aliphatic carbocycles. The summed E-state index contributed by atoms with van der Waals surface area (Å²) in [5, 5.41) is 0.206. The molecule has 1 aromatic heterocycles. The van der Waals surface area contributed by atoms with Gasteiger partial charge in [0.2, 0.25) is 0 Å². The number of alkyl halides is 3. The summed E-state index contributed by atoms with van der Waals surface area (Å²) in [6.07, 6.45) is -3.64. The second-order valence-corrected chi connectivity index (χ2v) is 6.24. The molecule has 0 bridgehead atoms. The molecule has 1 aromatic carbocycles. The van der Waals surface area contributed by atoms with Crippen LogP contribution >= 0.6 is 11.6 Å². The number of piperazine rings is 1. The first-order valence-electron chi connectivity index (χ1n) is 7.78. The van der Waals surface area contributed by atoms with Crippen LogP contribution in [0, 0.1) is 5.82 Å². The first kappa shape index (κ1) is 18.4. The molecular formula is C17H14ClF4N3O. The van der Waals surface area contributed by atoms with Crippen LogP contribution in [0.5, 0.6) is 0 Å². The largest absolute Gasteiger partial charge is 0.417 e. The van der Waals surface area contributed by atoms with Gasteiger partial charge in [0, 0.05) is 37.4 Å². The number of carbonyl (C=O) groups is 1. The molecule has 1 amide bonds. The smallest absolute Gasteiger partial charge is 0.353 e. The highest BCUT2D eigenvalue weighted by Crippen LogP contribution is 2.29. The van der Waals surface area contributed by atoms with E-state index in [-0.39, 0.29) is 10.6 Å². The quantitative estimate of drug-likeness (QED) is 0.734. The predicted molar refractivity (Wildman–Crippen MR) is 88.8 cm³/mol. The molecule has 138 valence electrons. The molecule has 0 saturated carbocycles. The van der Waals surface area contributed by atoms with Crippen LogP contribution in [0.2, 0.25) is 5.02 Å². The van der Waals surface area contributed by atoms with Crippen molar-refractivity contribution < 1.29 is 22.4 Å². The molecule has 2 aromatic rings. The van der Waals surface area contributed by atoms with E-state index in [4.69, 9.17) is 11.6 Å². The third-order valence-electron chi connectivity index (χ3n) is 4.13. The van der Waals surface area contributed by atoms with Crippen molar-refractivity contribution in [1.29, 1.82) is 0 Å². The fourth-order valence-corrected chi connectivity index (χ4v) is 2.87. The van der Waals surface area contributed by atoms with Gasteiger partial charge in [0.25, 0.3) is 5.91 Å². The molecule has 1 aliphatic heterocycles. The molecule has 3 rings (SSSR count). The van der Waals surface area contributed by atoms with E-state index >= 15 is 0 Å². The van der Waals surface area contributed by atoms with Crippen molar-refractivity contribution in [1.82, 2.24) is 9.88 Å². The standard InChI is InChI=1S/C17H14ClF4N3O/c18-12-2-3-13(14(19)9-12)16(26)25-7-5-24(6-8-25)15-4-1-11(10-23-15)17(20,21)22/h1-4,9-10H,5-8H2. The number of hydrogen-bond donors (Lipinski definition) is 0. The van der Waals surface area contributed by atoms with Crippen molar-refractivity contribution in [3.63, 3.8) is 0 Å². The van der Waals surface area contributed by atoms with Crippen LogP contribution in [0.15, 0.2) is 36.5 Å². The molecule has 4 nitrogen and oxygen atoms in total. The Kier molecular flexibility index (Phi) is 5.04. The molecule has 26 heavy (non-hydrogen) atoms. The average molecular weight is 388 g/mol. The molecule has 1 fully saturated rings. The Morgan fingerprint density at radius 1 is 1.08 bits per heavy atom. The van der Waals surface area contributed by atoms with Crippen LogP contribution in [0.25, 0.3) is 0 Å². The fourth-order valence-electron chi connectivity index (χ4n) is 2.71. The summed E-state index contributed by atoms with van der Waals surface area (Å²) in [5.74, 6) is -0.726. The maximum Gasteiger partial charge on any atom is 0.417 e. The highest BCUT2D eigenvalue weighted by atomic mass is 35.5. The van der Waals surface area contributed by atoms with Crippen molar-refractivity contribution >= 4 is 23.3 Å². The minimum atomic E-state index is -4.43. The maximum absolute atomic E-state index is 13.9. The van der Waals surface area contributed by atoms with E-state index in [1.54, 1.807) is 4.90 Å². The number of nitrogens with zero attached hydrogens (tertiary/aromatic N) is 3. The molecule has 0 unspecified atom stereocenters. The molecule has 0 radical (unpaired) electrons. The van der Waals surface area contributed by atoms with Gasteiger partial charge in [0.15, 0.2) is 0 Å². The van der Waals surface area contributed by atoms with Crippen molar-refractivity contribution in [2.45, 2.75) is 6.18 Å². The number of hydrogen-bond acceptors (Lipinski definition) is 3. The van der Waals surface area contributed by atoms with Gasteiger partial charge in [-0.15, -0.1) is 0 Å². The zero-order valence-electron chi connectivity index (χ0n) is 13.4. The van der Waals surface area contributed by atoms with Crippen LogP contribution in [-0.2, 0) is 6.18 Å². The van der Waals surface area contributed by atoms with Gasteiger partial charge in [-0.3, -0.25) is 4.79 Å². The number of carbonyl (C=O) groups excluding carboxylic acids is 1. The summed E-state index contributed by atoms with van der Waals surface area (Å²) in [6, 6.07) is 6.14. The molecule has 9 heteroatoms. The van der Waals surface area contributed by atoms with Gasteiger partial charge in [-0.1, -0.05) is 11.6 Å². The molecule has 0 N–H and O–H groups in total. The number of benzene rings is 1. The molecule has 1 aliphatic rings. The zero-order chi connectivity index (χ0) is 18.9. The van der Waals surface area contributed by atoms with E-state index in [1.807, 2.05) is 0 Å². The van der Waals surface area contributed by atoms with Gasteiger partial charge < -0.3 is 9.80 Å². The first-order chi connectivity index (χ1) is 12.3. The van der Waals surface area contributed by atoms with E-state index in [9.17, 15) is 22.4 Å². The zero-order valence-corrected chi connectivity index (χ0v) is 14.2. The second kappa shape index (κ2) is 7.11. The van der Waals surface area contributed by atoms with E-state index in [0.29, 0.717) is 32.0 Å². The molecule has 2 heterocycles. The molecule has 0 spiro atoms. The molecule has 1 saturated heterocycles. The van der Waals surface area contributed by atoms with Crippen molar-refractivity contribution in [3.8, 4) is 0 Å². The molecular weight excluding hydrogens is 374 g/mol. The van der Waals surface area contributed by atoms with E-state index in [2.05, 4.69) is 4.98 Å². The summed E-state index contributed by atoms with van der Waals surface area (Å²) < 4.78 is 51.6. The van der Waals surface area contributed by atoms with Gasteiger partial charge in [-0.2, -0.15) is 13.2 Å². The number of pyridine rings is 1. The van der Waals surface area contributed by atoms with Crippen LogP contribution in [0.4, 0.5) is 23.4 Å². The van der Waals surface area contributed by atoms with Gasteiger partial charge in [-0.05, 0) is 30.3 Å². The Balaban J connectivity index is 1.64. The van der Waals surface area contributed by atoms with E-state index in [1.165, 1.54) is 23.1 Å². The van der Waals surface area contributed by atoms with Crippen LogP contribution in [-0.4, -0.2) is 42.0 Å². The summed E-state index contributed by atoms with van der Waals surface area (Å²) >= 11 is 5.68. The van der Waals surface area contributed by atoms with Gasteiger partial charge in [0.1, 0.15) is 11.6 Å². The van der Waals surface area contributed by atoms with E-state index < -0.39 is 23.5 Å². The maximum atomic E-state index is 13.9. The highest BCUT2D eigenvalue weighted by Gasteiger charge is 2.31. The lowest BCUT2D eigenvalue weighted by molar-refractivity contribution is -0.137. The summed E-state index contributed by atoms with van der Waals surface area (Å²) in [6.45, 7) is 1.39. The van der Waals surface area contributed by atoms with Crippen LogP contribution in [0.3, 0.4) is 0 Å². The number of aromatic nitrogens is 1. The fraction of sp³-hybridized carbons (Fsp3) is 0.294. The SMILES string of the molecule is O=C(c1ccc(Cl)cc1F)N1CCN(c2ccc(C(F)(F)F)cn2)CC1. The minimum absolute atomic E-state index is 0.0597.